The molecule has 0 aromatic carbocycles. The summed E-state index contributed by atoms with van der Waals surface area (Å²) in [7, 11) is 0. The number of rotatable bonds is 0. The average Bonchev–Trinajstić information content (AvgIpc) is 2.17. The average molecular weight is 251 g/mol. The molecule has 0 spiro atoms. The van der Waals surface area contributed by atoms with Crippen LogP contribution in [0.15, 0.2) is 21.0 Å². The molecule has 0 aromatic rings. The fourth-order valence-corrected chi connectivity index (χ4v) is 2.83. The SMILES string of the molecule is C/C=C1/C(C)C(Br)=C(S)C1S. The van der Waals surface area contributed by atoms with Crippen LogP contribution in [-0.4, -0.2) is 5.25 Å². The Bertz CT molecular complexity index is 210. The summed E-state index contributed by atoms with van der Waals surface area (Å²) in [4.78, 5) is 1.05. The summed E-state index contributed by atoms with van der Waals surface area (Å²) in [6.45, 7) is 4.20. The van der Waals surface area contributed by atoms with Crippen LogP contribution in [0.3, 0.4) is 0 Å². The highest BCUT2D eigenvalue weighted by Gasteiger charge is 2.29. The minimum absolute atomic E-state index is 0.202. The van der Waals surface area contributed by atoms with Crippen molar-refractivity contribution >= 4 is 41.2 Å². The lowest BCUT2D eigenvalue weighted by molar-refractivity contribution is 0.871. The van der Waals surface area contributed by atoms with Crippen molar-refractivity contribution in [2.75, 3.05) is 0 Å². The number of thiol groups is 2. The molecule has 3 heteroatoms. The van der Waals surface area contributed by atoms with Gasteiger partial charge in [-0.2, -0.15) is 12.6 Å². The monoisotopic (exact) mass is 250 g/mol. The lowest BCUT2D eigenvalue weighted by Crippen LogP contribution is -2.00. The second kappa shape index (κ2) is 3.58. The van der Waals surface area contributed by atoms with Crippen LogP contribution in [0.5, 0.6) is 0 Å². The largest absolute Gasteiger partial charge is 0.166 e. The lowest BCUT2D eigenvalue weighted by atomic mass is 10.1. The maximum atomic E-state index is 4.45. The molecule has 0 nitrogen and oxygen atoms in total. The van der Waals surface area contributed by atoms with Crippen LogP contribution >= 0.6 is 41.2 Å². The molecule has 1 aliphatic carbocycles. The summed E-state index contributed by atoms with van der Waals surface area (Å²) in [5, 5.41) is 0.202. The maximum Gasteiger partial charge on any atom is 0.0547 e. The summed E-state index contributed by atoms with van der Waals surface area (Å²) in [5.41, 5.74) is 1.34. The van der Waals surface area contributed by atoms with Crippen molar-refractivity contribution in [1.29, 1.82) is 0 Å². The van der Waals surface area contributed by atoms with Gasteiger partial charge in [-0.25, -0.2) is 0 Å². The van der Waals surface area contributed by atoms with E-state index in [-0.39, 0.29) is 5.25 Å². The van der Waals surface area contributed by atoms with Gasteiger partial charge in [-0.15, -0.1) is 12.6 Å². The van der Waals surface area contributed by atoms with Gasteiger partial charge in [0.15, 0.2) is 0 Å². The molecule has 2 unspecified atom stereocenters. The number of halogens is 1. The first-order chi connectivity index (χ1) is 5.09. The Morgan fingerprint density at radius 3 is 2.27 bits per heavy atom. The van der Waals surface area contributed by atoms with E-state index < -0.39 is 0 Å². The lowest BCUT2D eigenvalue weighted by Gasteiger charge is -2.08. The van der Waals surface area contributed by atoms with E-state index in [1.54, 1.807) is 0 Å². The van der Waals surface area contributed by atoms with Crippen LogP contribution in [0.1, 0.15) is 13.8 Å². The fourth-order valence-electron chi connectivity index (χ4n) is 1.30. The zero-order valence-electron chi connectivity index (χ0n) is 6.50. The second-order valence-electron chi connectivity index (χ2n) is 2.65. The van der Waals surface area contributed by atoms with Crippen LogP contribution < -0.4 is 0 Å². The molecule has 0 heterocycles. The quantitative estimate of drug-likeness (QED) is 0.478. The third-order valence-corrected chi connectivity index (χ3v) is 4.71. The van der Waals surface area contributed by atoms with Crippen molar-refractivity contribution in [2.24, 2.45) is 5.92 Å². The highest BCUT2D eigenvalue weighted by Crippen LogP contribution is 2.44. The Morgan fingerprint density at radius 2 is 2.09 bits per heavy atom. The van der Waals surface area contributed by atoms with Gasteiger partial charge in [0, 0.05) is 15.3 Å². The predicted molar refractivity (Wildman–Crippen MR) is 60.6 cm³/mol. The van der Waals surface area contributed by atoms with E-state index in [4.69, 9.17) is 0 Å². The van der Waals surface area contributed by atoms with Crippen molar-refractivity contribution in [2.45, 2.75) is 19.1 Å². The summed E-state index contributed by atoms with van der Waals surface area (Å²) >= 11 is 12.3. The minimum Gasteiger partial charge on any atom is -0.166 e. The maximum absolute atomic E-state index is 4.45. The molecule has 0 N–H and O–H groups in total. The summed E-state index contributed by atoms with van der Waals surface area (Å²) in [6, 6.07) is 0. The first-order valence-electron chi connectivity index (χ1n) is 3.52. The van der Waals surface area contributed by atoms with E-state index in [1.807, 2.05) is 6.92 Å². The third-order valence-electron chi connectivity index (χ3n) is 2.03. The van der Waals surface area contributed by atoms with Crippen LogP contribution in [-0.2, 0) is 0 Å². The predicted octanol–water partition coefficient (Wildman–Crippen LogP) is 3.42. The molecule has 0 radical (unpaired) electrons. The van der Waals surface area contributed by atoms with Crippen molar-refractivity contribution in [3.8, 4) is 0 Å². The van der Waals surface area contributed by atoms with Crippen LogP contribution in [0.25, 0.3) is 0 Å². The van der Waals surface area contributed by atoms with Crippen molar-refractivity contribution < 1.29 is 0 Å². The Balaban J connectivity index is 3.02. The normalized spacial score (nSPS) is 35.5. The Kier molecular flexibility index (Phi) is 3.18. The van der Waals surface area contributed by atoms with Crippen molar-refractivity contribution in [1.82, 2.24) is 0 Å². The van der Waals surface area contributed by atoms with E-state index >= 15 is 0 Å². The molecule has 1 rings (SSSR count). The fraction of sp³-hybridized carbons (Fsp3) is 0.500. The van der Waals surface area contributed by atoms with Crippen molar-refractivity contribution in [3.05, 3.63) is 21.0 Å². The molecule has 1 aliphatic rings. The molecule has 0 amide bonds. The van der Waals surface area contributed by atoms with Gasteiger partial charge in [-0.3, -0.25) is 0 Å². The van der Waals surface area contributed by atoms with Gasteiger partial charge >= 0.3 is 0 Å². The zero-order valence-corrected chi connectivity index (χ0v) is 9.88. The molecule has 0 saturated carbocycles. The molecule has 0 bridgehead atoms. The Morgan fingerprint density at radius 1 is 1.55 bits per heavy atom. The topological polar surface area (TPSA) is 0 Å². The van der Waals surface area contributed by atoms with Crippen LogP contribution in [0.4, 0.5) is 0 Å². The van der Waals surface area contributed by atoms with E-state index in [9.17, 15) is 0 Å². The highest BCUT2D eigenvalue weighted by molar-refractivity contribution is 9.11. The smallest absolute Gasteiger partial charge is 0.0547 e. The molecule has 0 aliphatic heterocycles. The summed E-state index contributed by atoms with van der Waals surface area (Å²) in [5.74, 6) is 0.454. The Hall–Kier alpha value is 0.660. The van der Waals surface area contributed by atoms with Gasteiger partial charge in [0.1, 0.15) is 0 Å². The zero-order chi connectivity index (χ0) is 8.59. The van der Waals surface area contributed by atoms with Crippen LogP contribution in [0, 0.1) is 5.92 Å². The second-order valence-corrected chi connectivity index (χ2v) is 4.50. The van der Waals surface area contributed by atoms with Gasteiger partial charge in [-0.05, 0) is 12.5 Å². The molecule has 2 atom stereocenters. The molecule has 0 saturated heterocycles. The van der Waals surface area contributed by atoms with E-state index in [0.717, 1.165) is 4.91 Å². The van der Waals surface area contributed by atoms with Gasteiger partial charge in [-0.1, -0.05) is 28.9 Å². The third kappa shape index (κ3) is 1.56. The van der Waals surface area contributed by atoms with E-state index in [1.165, 1.54) is 10.1 Å². The number of hydrogen-bond donors (Lipinski definition) is 2. The van der Waals surface area contributed by atoms with E-state index in [0.29, 0.717) is 5.92 Å². The number of hydrogen-bond acceptors (Lipinski definition) is 2. The number of allylic oxidation sites excluding steroid dienone is 2. The van der Waals surface area contributed by atoms with Gasteiger partial charge in [0.05, 0.1) is 5.25 Å². The molecular formula is C8H11BrS2. The molecule has 0 fully saturated rings. The van der Waals surface area contributed by atoms with Gasteiger partial charge in [0.25, 0.3) is 0 Å². The summed E-state index contributed by atoms with van der Waals surface area (Å²) < 4.78 is 1.17. The Labute approximate surface area is 87.1 Å². The summed E-state index contributed by atoms with van der Waals surface area (Å²) in [6.07, 6.45) is 2.12. The van der Waals surface area contributed by atoms with Crippen molar-refractivity contribution in [3.63, 3.8) is 0 Å². The molecule has 62 valence electrons. The van der Waals surface area contributed by atoms with Gasteiger partial charge in [0.2, 0.25) is 0 Å². The first-order valence-corrected chi connectivity index (χ1v) is 5.28. The molecular weight excluding hydrogens is 240 g/mol. The molecule has 11 heavy (non-hydrogen) atoms. The highest BCUT2D eigenvalue weighted by atomic mass is 79.9. The van der Waals surface area contributed by atoms with Crippen LogP contribution in [0.2, 0.25) is 0 Å². The standard InChI is InChI=1S/C8H11BrS2/c1-3-5-4(2)6(9)8(11)7(5)10/h3-4,7,10-11H,1-2H3/b5-3-. The minimum atomic E-state index is 0.202. The molecule has 0 aromatic heterocycles. The van der Waals surface area contributed by atoms with E-state index in [2.05, 4.69) is 54.2 Å². The van der Waals surface area contributed by atoms with Gasteiger partial charge < -0.3 is 0 Å². The first kappa shape index (κ1) is 9.75.